The average Bonchev–Trinajstić information content (AvgIpc) is 3.15. The summed E-state index contributed by atoms with van der Waals surface area (Å²) >= 11 is 5.68. The van der Waals surface area contributed by atoms with Gasteiger partial charge in [-0.3, -0.25) is 10.6 Å². The van der Waals surface area contributed by atoms with Crippen LogP contribution in [0.2, 0.25) is 5.02 Å². The van der Waals surface area contributed by atoms with Crippen LogP contribution in [0.5, 0.6) is 0 Å². The zero-order chi connectivity index (χ0) is 20.7. The Hall–Kier alpha value is -3.27. The number of halogens is 2. The van der Waals surface area contributed by atoms with Gasteiger partial charge < -0.3 is 15.7 Å². The highest BCUT2D eigenvalue weighted by Crippen LogP contribution is 2.23. The topological polar surface area (TPSA) is 167 Å². The van der Waals surface area contributed by atoms with Crippen molar-refractivity contribution >= 4 is 29.1 Å². The molecule has 0 saturated heterocycles. The third kappa shape index (κ3) is 5.13. The molecule has 148 valence electrons. The molecule has 5 N–H and O–H groups in total. The maximum Gasteiger partial charge on any atom is 0.209 e. The van der Waals surface area contributed by atoms with Crippen molar-refractivity contribution in [1.82, 2.24) is 20.9 Å². The molecule has 0 bridgehead atoms. The smallest absolute Gasteiger partial charge is 0.209 e. The van der Waals surface area contributed by atoms with Crippen LogP contribution in [0.3, 0.4) is 0 Å². The molecule has 0 spiro atoms. The Morgan fingerprint density at radius 1 is 1.54 bits per heavy atom. The predicted molar refractivity (Wildman–Crippen MR) is 96.4 cm³/mol. The molecule has 1 aromatic carbocycles. The molecule has 0 aliphatic rings. The number of guanidine groups is 1. The lowest BCUT2D eigenvalue weighted by molar-refractivity contribution is 0.263. The lowest BCUT2D eigenvalue weighted by Crippen LogP contribution is -2.43. The lowest BCUT2D eigenvalue weighted by atomic mass is 10.2. The Kier molecular flexibility index (Phi) is 7.21. The summed E-state index contributed by atoms with van der Waals surface area (Å²) in [5.74, 6) is -1.11. The van der Waals surface area contributed by atoms with E-state index < -0.39 is 11.7 Å². The van der Waals surface area contributed by atoms with Crippen molar-refractivity contribution in [2.24, 2.45) is 4.99 Å². The van der Waals surface area contributed by atoms with Crippen molar-refractivity contribution in [1.29, 1.82) is 10.7 Å². The summed E-state index contributed by atoms with van der Waals surface area (Å²) in [6, 6.07) is 3.02. The molecular weight excluding hydrogens is 395 g/mol. The Labute approximate surface area is 163 Å². The number of nitriles is 1. The van der Waals surface area contributed by atoms with E-state index in [1.54, 1.807) is 13.1 Å². The minimum absolute atomic E-state index is 0.0310. The maximum absolute atomic E-state index is 13.3. The molecule has 1 unspecified atom stereocenters. The fraction of sp³-hybridized carbons (Fsp3) is 0.267. The van der Waals surface area contributed by atoms with Crippen molar-refractivity contribution in [3.63, 3.8) is 0 Å². The Morgan fingerprint density at radius 3 is 2.93 bits per heavy atom. The van der Waals surface area contributed by atoms with Gasteiger partial charge in [-0.25, -0.2) is 14.1 Å². The minimum atomic E-state index is -0.674. The molecule has 11 nitrogen and oxygen atoms in total. The van der Waals surface area contributed by atoms with Gasteiger partial charge in [0.05, 0.1) is 23.9 Å². The number of anilines is 1. The van der Waals surface area contributed by atoms with Crippen LogP contribution in [0.1, 0.15) is 18.3 Å². The van der Waals surface area contributed by atoms with Crippen molar-refractivity contribution < 1.29 is 19.3 Å². The van der Waals surface area contributed by atoms with Gasteiger partial charge >= 0.3 is 0 Å². The van der Waals surface area contributed by atoms with E-state index in [2.05, 4.69) is 30.6 Å². The van der Waals surface area contributed by atoms with Crippen molar-refractivity contribution in [3.8, 4) is 6.19 Å². The van der Waals surface area contributed by atoms with E-state index in [4.69, 9.17) is 27.4 Å². The monoisotopic (exact) mass is 410 g/mol. The first-order valence-electron chi connectivity index (χ1n) is 7.79. The number of nitrogens with zero attached hydrogens (tertiary/aromatic N) is 5. The number of hydrogen-bond acceptors (Lipinski definition) is 8. The summed E-state index contributed by atoms with van der Waals surface area (Å²) in [6.45, 7) is 1.42. The van der Waals surface area contributed by atoms with Crippen LogP contribution in [0.15, 0.2) is 27.8 Å². The fourth-order valence-electron chi connectivity index (χ4n) is 1.97. The van der Waals surface area contributed by atoms with Gasteiger partial charge in [-0.15, -0.1) is 4.99 Å². The molecule has 2 aromatic rings. The summed E-state index contributed by atoms with van der Waals surface area (Å²) in [5, 5.41) is 49.0. The number of hydroxylamine groups is 1. The quantitative estimate of drug-likeness (QED) is 0.202. The zero-order valence-corrected chi connectivity index (χ0v) is 15.3. The second-order valence-electron chi connectivity index (χ2n) is 5.46. The van der Waals surface area contributed by atoms with Crippen molar-refractivity contribution in [2.75, 3.05) is 11.7 Å². The van der Waals surface area contributed by atoms with Gasteiger partial charge in [0, 0.05) is 6.04 Å². The van der Waals surface area contributed by atoms with Gasteiger partial charge in [-0.2, -0.15) is 5.26 Å². The van der Waals surface area contributed by atoms with Crippen LogP contribution in [0, 0.1) is 22.7 Å². The number of hydrogen-bond donors (Lipinski definition) is 5. The molecule has 1 atom stereocenters. The van der Waals surface area contributed by atoms with Gasteiger partial charge in [-0.1, -0.05) is 16.8 Å². The Bertz CT molecular complexity index is 913. The molecule has 0 amide bonds. The summed E-state index contributed by atoms with van der Waals surface area (Å²) in [6.07, 6.45) is 1.60. The third-order valence-electron chi connectivity index (χ3n) is 3.38. The zero-order valence-electron chi connectivity index (χ0n) is 14.5. The normalized spacial score (nSPS) is 12.2. The summed E-state index contributed by atoms with van der Waals surface area (Å²) in [5.41, 5.74) is 0.0480. The van der Waals surface area contributed by atoms with E-state index in [-0.39, 0.29) is 47.3 Å². The van der Waals surface area contributed by atoms with Gasteiger partial charge in [0.1, 0.15) is 11.5 Å². The van der Waals surface area contributed by atoms with E-state index in [1.807, 2.05) is 0 Å². The molecule has 28 heavy (non-hydrogen) atoms. The fourth-order valence-corrected chi connectivity index (χ4v) is 2.14. The van der Waals surface area contributed by atoms with Crippen LogP contribution in [0.25, 0.3) is 0 Å². The largest absolute Gasteiger partial charge is 0.394 e. The Morgan fingerprint density at radius 2 is 2.29 bits per heavy atom. The second kappa shape index (κ2) is 9.60. The first-order valence-corrected chi connectivity index (χ1v) is 8.17. The van der Waals surface area contributed by atoms with Gasteiger partial charge in [-0.05, 0) is 30.3 Å². The molecule has 0 fully saturated rings. The van der Waals surface area contributed by atoms with Crippen LogP contribution in [-0.2, 0) is 6.54 Å². The molecule has 2 rings (SSSR count). The molecule has 13 heteroatoms. The van der Waals surface area contributed by atoms with E-state index >= 15 is 0 Å². The SMILES string of the molecule is CC(CO)N/C(=N\C#N)NCc1nonc1C(=N)N(O)c1ccc(F)c(Cl)c1. The molecule has 0 saturated carbocycles. The molecular formula is C15H16ClFN8O3. The number of nitrogens with one attached hydrogen (secondary N) is 3. The van der Waals surface area contributed by atoms with Crippen LogP contribution in [-0.4, -0.2) is 45.1 Å². The van der Waals surface area contributed by atoms with Crippen LogP contribution < -0.4 is 15.7 Å². The number of benzene rings is 1. The predicted octanol–water partition coefficient (Wildman–Crippen LogP) is 0.980. The minimum Gasteiger partial charge on any atom is -0.394 e. The number of amidine groups is 1. The highest BCUT2D eigenvalue weighted by Gasteiger charge is 2.22. The molecule has 0 aliphatic heterocycles. The van der Waals surface area contributed by atoms with Crippen LogP contribution >= 0.6 is 11.6 Å². The summed E-state index contributed by atoms with van der Waals surface area (Å²) in [4.78, 5) is 3.53. The standard InChI is InChI=1S/C15H16ClFN8O3/c1-8(6-26)22-15(21-7-18)20-5-12-13(24-28-23-12)14(19)25(27)9-2-3-11(17)10(16)4-9/h2-4,8,19,26-27H,5-6H2,1H3,(H2,20,21,22). The molecule has 0 radical (unpaired) electrons. The van der Waals surface area contributed by atoms with Gasteiger partial charge in [0.25, 0.3) is 0 Å². The number of aliphatic hydroxyl groups is 1. The van der Waals surface area contributed by atoms with Crippen molar-refractivity contribution in [3.05, 3.63) is 40.4 Å². The van der Waals surface area contributed by atoms with E-state index in [9.17, 15) is 9.60 Å². The average molecular weight is 411 g/mol. The van der Waals surface area contributed by atoms with Crippen molar-refractivity contribution in [2.45, 2.75) is 19.5 Å². The van der Waals surface area contributed by atoms with E-state index in [0.29, 0.717) is 5.06 Å². The summed E-state index contributed by atoms with van der Waals surface area (Å²) < 4.78 is 17.9. The highest BCUT2D eigenvalue weighted by molar-refractivity contribution is 6.31. The van der Waals surface area contributed by atoms with E-state index in [1.165, 1.54) is 6.07 Å². The van der Waals surface area contributed by atoms with Gasteiger partial charge in [0.15, 0.2) is 11.5 Å². The molecule has 0 aliphatic carbocycles. The van der Waals surface area contributed by atoms with Gasteiger partial charge in [0.2, 0.25) is 12.2 Å². The number of rotatable bonds is 6. The number of aliphatic hydroxyl groups excluding tert-OH is 1. The number of aromatic nitrogens is 2. The highest BCUT2D eigenvalue weighted by atomic mass is 35.5. The molecule has 1 aromatic heterocycles. The van der Waals surface area contributed by atoms with E-state index in [0.717, 1.165) is 12.1 Å². The number of aliphatic imine (C=N–C) groups is 1. The molecule has 1 heterocycles. The first-order chi connectivity index (χ1) is 13.4. The maximum atomic E-state index is 13.3. The Balaban J connectivity index is 2.13. The lowest BCUT2D eigenvalue weighted by Gasteiger charge is -2.17. The summed E-state index contributed by atoms with van der Waals surface area (Å²) in [7, 11) is 0. The first kappa shape index (κ1) is 21.0. The third-order valence-corrected chi connectivity index (χ3v) is 3.67. The van der Waals surface area contributed by atoms with Crippen LogP contribution in [0.4, 0.5) is 10.1 Å². The second-order valence-corrected chi connectivity index (χ2v) is 5.87.